The molecule has 0 saturated heterocycles. The van der Waals surface area contributed by atoms with Gasteiger partial charge in [-0.15, -0.1) is 0 Å². The average Bonchev–Trinajstić information content (AvgIpc) is 3.09. The number of hydrogen-bond acceptors (Lipinski definition) is 7. The summed E-state index contributed by atoms with van der Waals surface area (Å²) in [4.78, 5) is 25.0. The van der Waals surface area contributed by atoms with E-state index in [0.717, 1.165) is 57.8 Å². The highest BCUT2D eigenvalue weighted by Gasteiger charge is 2.20. The van der Waals surface area contributed by atoms with E-state index in [1.54, 1.807) is 0 Å². The molecule has 0 rings (SSSR count). The Balaban J connectivity index is 4.25. The van der Waals surface area contributed by atoms with Crippen LogP contribution in [0.5, 0.6) is 0 Å². The summed E-state index contributed by atoms with van der Waals surface area (Å²) >= 11 is 0. The highest BCUT2D eigenvalue weighted by molar-refractivity contribution is 7.45. The van der Waals surface area contributed by atoms with Crippen molar-refractivity contribution in [1.82, 2.24) is 0 Å². The minimum Gasteiger partial charge on any atom is -0.756 e. The number of phosphoric ester groups is 1. The number of carbonyl (C=O) groups is 1. The fraction of sp³-hybridized carbons (Fsp3) is 0.837. The second-order valence-electron chi connectivity index (χ2n) is 15.4. The van der Waals surface area contributed by atoms with Crippen LogP contribution in [0.15, 0.2) is 36.5 Å². The van der Waals surface area contributed by atoms with E-state index in [9.17, 15) is 14.3 Å². The lowest BCUT2D eigenvalue weighted by atomic mass is 10.1. The van der Waals surface area contributed by atoms with Gasteiger partial charge in [-0.05, 0) is 51.4 Å². The number of unbranched alkanes of at least 4 members (excludes halogenated alkanes) is 19. The molecule has 0 N–H and O–H groups in total. The molecule has 0 bridgehead atoms. The molecule has 0 fully saturated rings. The zero-order chi connectivity index (χ0) is 38.4. The Labute approximate surface area is 321 Å². The lowest BCUT2D eigenvalue weighted by molar-refractivity contribution is -0.870. The molecule has 52 heavy (non-hydrogen) atoms. The van der Waals surface area contributed by atoms with E-state index in [1.807, 2.05) is 21.1 Å². The van der Waals surface area contributed by atoms with Crippen molar-refractivity contribution < 1.29 is 37.3 Å². The Kier molecular flexibility index (Phi) is 35.8. The summed E-state index contributed by atoms with van der Waals surface area (Å²) in [6.45, 7) is 5.37. The van der Waals surface area contributed by atoms with Crippen molar-refractivity contribution in [1.29, 1.82) is 0 Å². The Hall–Kier alpha value is -1.28. The number of phosphoric acid groups is 1. The van der Waals surface area contributed by atoms with Crippen LogP contribution in [0.3, 0.4) is 0 Å². The predicted molar refractivity (Wildman–Crippen MR) is 217 cm³/mol. The molecule has 2 atom stereocenters. The summed E-state index contributed by atoms with van der Waals surface area (Å²) in [6, 6.07) is 0. The topological polar surface area (TPSA) is 94.1 Å². The maximum absolute atomic E-state index is 12.6. The van der Waals surface area contributed by atoms with Gasteiger partial charge in [-0.1, -0.05) is 153 Å². The van der Waals surface area contributed by atoms with Crippen LogP contribution in [-0.4, -0.2) is 70.7 Å². The molecule has 0 aromatic carbocycles. The molecule has 306 valence electrons. The van der Waals surface area contributed by atoms with E-state index < -0.39 is 13.9 Å². The van der Waals surface area contributed by atoms with E-state index in [-0.39, 0.29) is 25.8 Å². The number of quaternary nitrogens is 1. The zero-order valence-electron chi connectivity index (χ0n) is 34.5. The third kappa shape index (κ3) is 39.9. The first-order valence-corrected chi connectivity index (χ1v) is 22.7. The molecule has 0 saturated carbocycles. The Morgan fingerprint density at radius 1 is 0.596 bits per heavy atom. The van der Waals surface area contributed by atoms with E-state index in [2.05, 4.69) is 50.3 Å². The Morgan fingerprint density at radius 2 is 1.06 bits per heavy atom. The normalized spacial score (nSPS) is 14.2. The summed E-state index contributed by atoms with van der Waals surface area (Å²) in [5.41, 5.74) is 0. The molecule has 8 nitrogen and oxygen atoms in total. The second kappa shape index (κ2) is 36.7. The fourth-order valence-electron chi connectivity index (χ4n) is 5.61. The number of rotatable bonds is 39. The van der Waals surface area contributed by atoms with E-state index in [0.29, 0.717) is 24.1 Å². The van der Waals surface area contributed by atoms with Gasteiger partial charge in [0.25, 0.3) is 7.82 Å². The first kappa shape index (κ1) is 50.7. The van der Waals surface area contributed by atoms with Crippen molar-refractivity contribution in [2.24, 2.45) is 0 Å². The lowest BCUT2D eigenvalue weighted by Crippen LogP contribution is -2.37. The second-order valence-corrected chi connectivity index (χ2v) is 16.8. The molecule has 0 aliphatic rings. The smallest absolute Gasteiger partial charge is 0.306 e. The quantitative estimate of drug-likeness (QED) is 0.0203. The van der Waals surface area contributed by atoms with Crippen LogP contribution in [-0.2, 0) is 27.9 Å². The summed E-state index contributed by atoms with van der Waals surface area (Å²) < 4.78 is 34.5. The molecule has 9 heteroatoms. The molecule has 0 heterocycles. The number of esters is 1. The SMILES string of the molecule is CCCCC/C=C\C/C=C\C/C=C\CCCCCCCCC(=O)OC(COCCCCCCCCCCCCC)COP(=O)([O-])OCC[N+](C)(C)C. The predicted octanol–water partition coefficient (Wildman–Crippen LogP) is 11.6. The highest BCUT2D eigenvalue weighted by atomic mass is 31.2. The Morgan fingerprint density at radius 3 is 1.62 bits per heavy atom. The molecule has 0 aromatic rings. The fourth-order valence-corrected chi connectivity index (χ4v) is 6.34. The molecule has 0 radical (unpaired) electrons. The summed E-state index contributed by atoms with van der Waals surface area (Å²) in [5, 5.41) is 0. The summed E-state index contributed by atoms with van der Waals surface area (Å²) in [6.07, 6.45) is 41.5. The van der Waals surface area contributed by atoms with Crippen LogP contribution in [0.25, 0.3) is 0 Å². The maximum atomic E-state index is 12.6. The first-order chi connectivity index (χ1) is 25.1. The van der Waals surface area contributed by atoms with Crippen molar-refractivity contribution in [3.8, 4) is 0 Å². The van der Waals surface area contributed by atoms with Gasteiger partial charge in [0, 0.05) is 13.0 Å². The number of allylic oxidation sites excluding steroid dienone is 6. The van der Waals surface area contributed by atoms with Gasteiger partial charge in [-0.25, -0.2) is 0 Å². The van der Waals surface area contributed by atoms with Crippen LogP contribution >= 0.6 is 7.82 Å². The van der Waals surface area contributed by atoms with Gasteiger partial charge in [0.2, 0.25) is 0 Å². The lowest BCUT2D eigenvalue weighted by Gasteiger charge is -2.28. The zero-order valence-corrected chi connectivity index (χ0v) is 35.4. The van der Waals surface area contributed by atoms with Crippen LogP contribution in [0.2, 0.25) is 0 Å². The van der Waals surface area contributed by atoms with Crippen molar-refractivity contribution in [3.63, 3.8) is 0 Å². The number of nitrogens with zero attached hydrogens (tertiary/aromatic N) is 1. The van der Waals surface area contributed by atoms with E-state index in [1.165, 1.54) is 96.3 Å². The largest absolute Gasteiger partial charge is 0.756 e. The van der Waals surface area contributed by atoms with Gasteiger partial charge in [-0.3, -0.25) is 9.36 Å². The minimum atomic E-state index is -4.52. The highest BCUT2D eigenvalue weighted by Crippen LogP contribution is 2.38. The summed E-state index contributed by atoms with van der Waals surface area (Å²) in [5.74, 6) is -0.347. The van der Waals surface area contributed by atoms with Crippen LogP contribution < -0.4 is 4.89 Å². The van der Waals surface area contributed by atoms with Gasteiger partial charge in [-0.2, -0.15) is 0 Å². The van der Waals surface area contributed by atoms with Gasteiger partial charge >= 0.3 is 5.97 Å². The third-order valence-electron chi connectivity index (χ3n) is 8.94. The molecule has 0 amide bonds. The molecular weight excluding hydrogens is 673 g/mol. The van der Waals surface area contributed by atoms with Gasteiger partial charge < -0.3 is 27.9 Å². The number of carbonyl (C=O) groups excluding carboxylic acids is 1. The molecule has 0 aliphatic heterocycles. The Bertz CT molecular complexity index is 931. The average molecular weight is 756 g/mol. The van der Waals surface area contributed by atoms with E-state index in [4.69, 9.17) is 18.5 Å². The molecular formula is C43H82NO7P. The number of likely N-dealkylation sites (N-methyl/N-ethyl adjacent to an activating group) is 1. The first-order valence-electron chi connectivity index (χ1n) is 21.2. The summed E-state index contributed by atoms with van der Waals surface area (Å²) in [7, 11) is 1.35. The van der Waals surface area contributed by atoms with Crippen LogP contribution in [0, 0.1) is 0 Å². The van der Waals surface area contributed by atoms with Crippen molar-refractivity contribution in [2.75, 3.05) is 54.1 Å². The van der Waals surface area contributed by atoms with E-state index >= 15 is 0 Å². The third-order valence-corrected chi connectivity index (χ3v) is 9.91. The standard InChI is InChI=1S/C43H82NO7P/c1-6-8-10-12-14-16-18-19-20-21-22-23-24-25-26-28-30-32-34-36-43(45)51-42(41-50-52(46,47)49-39-37-44(3,4)5)40-48-38-35-33-31-29-27-17-15-13-11-9-7-2/h14,16,19-20,22-23,42H,6-13,15,17-18,21,24-41H2,1-5H3/b16-14-,20-19-,23-22-. The van der Waals surface area contributed by atoms with Gasteiger partial charge in [0.1, 0.15) is 19.3 Å². The van der Waals surface area contributed by atoms with Crippen molar-refractivity contribution in [3.05, 3.63) is 36.5 Å². The van der Waals surface area contributed by atoms with Crippen molar-refractivity contribution >= 4 is 13.8 Å². The van der Waals surface area contributed by atoms with Crippen LogP contribution in [0.4, 0.5) is 0 Å². The molecule has 0 aliphatic carbocycles. The minimum absolute atomic E-state index is 0.0238. The maximum Gasteiger partial charge on any atom is 0.306 e. The molecule has 0 aromatic heterocycles. The van der Waals surface area contributed by atoms with Gasteiger partial charge in [0.15, 0.2) is 0 Å². The molecule has 2 unspecified atom stereocenters. The monoisotopic (exact) mass is 756 g/mol. The van der Waals surface area contributed by atoms with Crippen LogP contribution in [0.1, 0.15) is 174 Å². The van der Waals surface area contributed by atoms with Crippen molar-refractivity contribution in [2.45, 2.75) is 180 Å². The van der Waals surface area contributed by atoms with Gasteiger partial charge in [0.05, 0.1) is 34.4 Å². The number of ether oxygens (including phenoxy) is 2. The molecule has 0 spiro atoms. The number of hydrogen-bond donors (Lipinski definition) is 0.